The number of aromatic nitrogens is 2. The van der Waals surface area contributed by atoms with E-state index in [1.807, 2.05) is 0 Å². The van der Waals surface area contributed by atoms with Crippen LogP contribution in [0.3, 0.4) is 0 Å². The number of rotatable bonds is 1. The van der Waals surface area contributed by atoms with Gasteiger partial charge in [-0.2, -0.15) is 13.2 Å². The Hall–Kier alpha value is -1.02. The van der Waals surface area contributed by atoms with Crippen molar-refractivity contribution in [2.24, 2.45) is 0 Å². The second-order valence-corrected chi connectivity index (χ2v) is 5.68. The summed E-state index contributed by atoms with van der Waals surface area (Å²) < 4.78 is 40.6. The van der Waals surface area contributed by atoms with E-state index in [-0.39, 0.29) is 5.82 Å². The van der Waals surface area contributed by atoms with Gasteiger partial charge in [0.1, 0.15) is 11.0 Å². The van der Waals surface area contributed by atoms with Crippen LogP contribution in [0.25, 0.3) is 11.0 Å². The van der Waals surface area contributed by atoms with Crippen LogP contribution in [-0.2, 0) is 6.18 Å². The lowest BCUT2D eigenvalue weighted by molar-refractivity contribution is -0.140. The standard InChI is InChI=1S/C10H8F3N3S2/c11-10(12,13)8-9(16-2-1-3-18-16)15-7-5-17-4-6(7)14-8/h4-5H,1-3H2. The first-order chi connectivity index (χ1) is 8.55. The van der Waals surface area contributed by atoms with Crippen molar-refractivity contribution < 1.29 is 13.2 Å². The molecule has 0 radical (unpaired) electrons. The lowest BCUT2D eigenvalue weighted by Gasteiger charge is -2.19. The summed E-state index contributed by atoms with van der Waals surface area (Å²) in [5.74, 6) is 0.761. The van der Waals surface area contributed by atoms with Crippen molar-refractivity contribution in [3.8, 4) is 0 Å². The molecule has 0 aromatic carbocycles. The lowest BCUT2D eigenvalue weighted by Crippen LogP contribution is -2.19. The summed E-state index contributed by atoms with van der Waals surface area (Å²) >= 11 is 2.68. The van der Waals surface area contributed by atoms with Gasteiger partial charge in [-0.15, -0.1) is 11.3 Å². The van der Waals surface area contributed by atoms with Gasteiger partial charge in [-0.05, 0) is 18.4 Å². The van der Waals surface area contributed by atoms with Crippen LogP contribution in [0.5, 0.6) is 0 Å². The predicted octanol–water partition coefficient (Wildman–Crippen LogP) is 3.57. The van der Waals surface area contributed by atoms with E-state index < -0.39 is 11.9 Å². The molecule has 0 spiro atoms. The molecule has 0 amide bonds. The Kier molecular flexibility index (Phi) is 2.86. The van der Waals surface area contributed by atoms with E-state index in [9.17, 15) is 13.2 Å². The molecule has 96 valence electrons. The minimum absolute atomic E-state index is 0.0594. The van der Waals surface area contributed by atoms with Gasteiger partial charge in [0.2, 0.25) is 0 Å². The Labute approximate surface area is 109 Å². The predicted molar refractivity (Wildman–Crippen MR) is 66.8 cm³/mol. The van der Waals surface area contributed by atoms with Crippen LogP contribution in [0.4, 0.5) is 19.0 Å². The molecule has 3 rings (SSSR count). The van der Waals surface area contributed by atoms with Crippen LogP contribution in [0.1, 0.15) is 12.1 Å². The zero-order valence-corrected chi connectivity index (χ0v) is 10.7. The molecule has 3 heterocycles. The van der Waals surface area contributed by atoms with Gasteiger partial charge in [-0.1, -0.05) is 0 Å². The van der Waals surface area contributed by atoms with Crippen molar-refractivity contribution in [2.75, 3.05) is 16.6 Å². The summed E-state index contributed by atoms with van der Waals surface area (Å²) in [6.45, 7) is 0.581. The fourth-order valence-electron chi connectivity index (χ4n) is 1.77. The van der Waals surface area contributed by atoms with Crippen molar-refractivity contribution in [1.82, 2.24) is 9.97 Å². The Balaban J connectivity index is 2.18. The quantitative estimate of drug-likeness (QED) is 0.751. The highest BCUT2D eigenvalue weighted by Crippen LogP contribution is 2.39. The molecule has 1 fully saturated rings. The zero-order valence-electron chi connectivity index (χ0n) is 9.07. The molecule has 0 atom stereocenters. The fraction of sp³-hybridized carbons (Fsp3) is 0.400. The normalized spacial score (nSPS) is 16.7. The molecule has 8 heteroatoms. The number of fused-ring (bicyclic) bond motifs is 1. The fourth-order valence-corrected chi connectivity index (χ4v) is 3.43. The molecule has 1 saturated heterocycles. The topological polar surface area (TPSA) is 29.0 Å². The Morgan fingerprint density at radius 1 is 1.17 bits per heavy atom. The first-order valence-corrected chi connectivity index (χ1v) is 7.16. The lowest BCUT2D eigenvalue weighted by atomic mass is 10.3. The van der Waals surface area contributed by atoms with Crippen LogP contribution in [0.15, 0.2) is 10.8 Å². The van der Waals surface area contributed by atoms with Gasteiger partial charge >= 0.3 is 6.18 Å². The summed E-state index contributed by atoms with van der Waals surface area (Å²) in [5, 5.41) is 3.30. The molecule has 3 nitrogen and oxygen atoms in total. The summed E-state index contributed by atoms with van der Waals surface area (Å²) in [6.07, 6.45) is -3.60. The first kappa shape index (κ1) is 12.0. The average molecular weight is 291 g/mol. The number of anilines is 1. The maximum absolute atomic E-state index is 13.0. The Bertz CT molecular complexity index is 575. The molecule has 0 aliphatic carbocycles. The Morgan fingerprint density at radius 2 is 1.89 bits per heavy atom. The van der Waals surface area contributed by atoms with Crippen LogP contribution in [0.2, 0.25) is 0 Å². The van der Waals surface area contributed by atoms with Crippen LogP contribution < -0.4 is 4.31 Å². The van der Waals surface area contributed by atoms with Crippen molar-refractivity contribution in [2.45, 2.75) is 12.6 Å². The maximum atomic E-state index is 13.0. The third kappa shape index (κ3) is 2.03. The summed E-state index contributed by atoms with van der Waals surface area (Å²) in [4.78, 5) is 7.84. The van der Waals surface area contributed by atoms with Crippen molar-refractivity contribution >= 4 is 40.1 Å². The van der Waals surface area contributed by atoms with E-state index >= 15 is 0 Å². The number of halogens is 3. The minimum Gasteiger partial charge on any atom is -0.299 e. The van der Waals surface area contributed by atoms with Gasteiger partial charge in [0.25, 0.3) is 0 Å². The SMILES string of the molecule is FC(F)(F)c1nc2cscc2nc1N1CCCS1. The van der Waals surface area contributed by atoms with Crippen molar-refractivity contribution in [3.05, 3.63) is 16.5 Å². The summed E-state index contributed by atoms with van der Waals surface area (Å²) in [6, 6.07) is 0. The summed E-state index contributed by atoms with van der Waals surface area (Å²) in [5.41, 5.74) is -0.0569. The maximum Gasteiger partial charge on any atom is 0.437 e. The van der Waals surface area contributed by atoms with Gasteiger partial charge in [0, 0.05) is 23.1 Å². The van der Waals surface area contributed by atoms with Crippen molar-refractivity contribution in [1.29, 1.82) is 0 Å². The molecule has 0 bridgehead atoms. The highest BCUT2D eigenvalue weighted by molar-refractivity contribution is 8.00. The second-order valence-electron chi connectivity index (χ2n) is 3.82. The monoisotopic (exact) mass is 291 g/mol. The van der Waals surface area contributed by atoms with Gasteiger partial charge in [-0.25, -0.2) is 9.97 Å². The molecule has 0 saturated carbocycles. The minimum atomic E-state index is -4.47. The molecular formula is C10H8F3N3S2. The third-order valence-corrected chi connectivity index (χ3v) is 4.41. The number of hydrogen-bond acceptors (Lipinski definition) is 5. The summed E-state index contributed by atoms with van der Waals surface area (Å²) in [7, 11) is 0. The van der Waals surface area contributed by atoms with E-state index in [0.717, 1.165) is 12.2 Å². The molecule has 1 aliphatic rings. The molecule has 18 heavy (non-hydrogen) atoms. The van der Waals surface area contributed by atoms with E-state index in [1.165, 1.54) is 23.3 Å². The molecule has 2 aromatic heterocycles. The smallest absolute Gasteiger partial charge is 0.299 e. The molecule has 2 aromatic rings. The number of hydrogen-bond donors (Lipinski definition) is 0. The molecule has 0 N–H and O–H groups in total. The van der Waals surface area contributed by atoms with Crippen LogP contribution in [-0.4, -0.2) is 22.3 Å². The number of thiophene rings is 1. The first-order valence-electron chi connectivity index (χ1n) is 5.27. The highest BCUT2D eigenvalue weighted by atomic mass is 32.2. The largest absolute Gasteiger partial charge is 0.437 e. The molecular weight excluding hydrogens is 283 g/mol. The van der Waals surface area contributed by atoms with Crippen LogP contribution >= 0.6 is 23.3 Å². The van der Waals surface area contributed by atoms with Gasteiger partial charge in [0.05, 0.1) is 0 Å². The van der Waals surface area contributed by atoms with Crippen molar-refractivity contribution in [3.63, 3.8) is 0 Å². The van der Waals surface area contributed by atoms with E-state index in [0.29, 0.717) is 17.6 Å². The number of nitrogens with zero attached hydrogens (tertiary/aromatic N) is 3. The average Bonchev–Trinajstić information content (AvgIpc) is 2.97. The zero-order chi connectivity index (χ0) is 12.8. The highest BCUT2D eigenvalue weighted by Gasteiger charge is 2.39. The van der Waals surface area contributed by atoms with Crippen LogP contribution in [0, 0.1) is 0 Å². The van der Waals surface area contributed by atoms with E-state index in [1.54, 1.807) is 15.1 Å². The van der Waals surface area contributed by atoms with Gasteiger partial charge < -0.3 is 0 Å². The molecule has 0 unspecified atom stereocenters. The number of alkyl halides is 3. The van der Waals surface area contributed by atoms with Gasteiger partial charge in [-0.3, -0.25) is 4.31 Å². The molecule has 1 aliphatic heterocycles. The van der Waals surface area contributed by atoms with E-state index in [2.05, 4.69) is 9.97 Å². The van der Waals surface area contributed by atoms with E-state index in [4.69, 9.17) is 0 Å². The van der Waals surface area contributed by atoms with Gasteiger partial charge in [0.15, 0.2) is 11.5 Å². The second kappa shape index (κ2) is 4.27. The third-order valence-electron chi connectivity index (χ3n) is 2.55. The Morgan fingerprint density at radius 3 is 2.50 bits per heavy atom.